The van der Waals surface area contributed by atoms with Gasteiger partial charge < -0.3 is 20.1 Å². The van der Waals surface area contributed by atoms with E-state index in [4.69, 9.17) is 4.74 Å². The molecule has 0 saturated carbocycles. The third-order valence-electron chi connectivity index (χ3n) is 3.25. The second-order valence-electron chi connectivity index (χ2n) is 4.66. The van der Waals surface area contributed by atoms with Crippen LogP contribution in [0.1, 0.15) is 28.4 Å². The van der Waals surface area contributed by atoms with Crippen LogP contribution in [0.15, 0.2) is 36.4 Å². The third-order valence-corrected chi connectivity index (χ3v) is 3.25. The molecule has 6 heteroatoms. The second kappa shape index (κ2) is 5.97. The predicted octanol–water partition coefficient (Wildman–Crippen LogP) is 1.86. The van der Waals surface area contributed by atoms with Crippen molar-refractivity contribution in [3.63, 3.8) is 0 Å². The summed E-state index contributed by atoms with van der Waals surface area (Å²) in [5.41, 5.74) is 0.836. The molecule has 21 heavy (non-hydrogen) atoms. The van der Waals surface area contributed by atoms with Crippen LogP contribution in [-0.4, -0.2) is 50.7 Å². The molecule has 104 valence electrons. The number of hydrogen-bond acceptors (Lipinski definition) is 5. The molecule has 1 heterocycles. The SMILES string of the molecule is O=C1C[C@@H](c2ccc(O)cc2)Oc2cc(O)cc(O)c21.[NaH]. The first-order chi connectivity index (χ1) is 9.54. The maximum atomic E-state index is 12.1. The first-order valence-electron chi connectivity index (χ1n) is 6.09. The standard InChI is InChI=1S/C15H12O5.Na.H/c16-9-3-1-8(2-4-9)13-7-12(19)15-11(18)5-10(17)6-14(15)20-13;;/h1-6,13,16-18H,7H2;;/t13-;;/m0../s1. The maximum absolute atomic E-state index is 12.1. The summed E-state index contributed by atoms with van der Waals surface area (Å²) in [4.78, 5) is 12.1. The van der Waals surface area contributed by atoms with Gasteiger partial charge in [0.15, 0.2) is 5.78 Å². The number of rotatable bonds is 1. The van der Waals surface area contributed by atoms with E-state index in [1.165, 1.54) is 18.2 Å². The van der Waals surface area contributed by atoms with Gasteiger partial charge in [-0.25, -0.2) is 0 Å². The molecule has 3 rings (SSSR count). The van der Waals surface area contributed by atoms with Gasteiger partial charge in [0.05, 0.1) is 6.42 Å². The molecule has 1 aliphatic rings. The summed E-state index contributed by atoms with van der Waals surface area (Å²) in [7, 11) is 0. The molecule has 0 aromatic heterocycles. The molecule has 0 fully saturated rings. The summed E-state index contributed by atoms with van der Waals surface area (Å²) < 4.78 is 5.67. The zero-order valence-corrected chi connectivity index (χ0v) is 10.4. The Morgan fingerprint density at radius 3 is 2.33 bits per heavy atom. The van der Waals surface area contributed by atoms with Crippen LogP contribution in [0, 0.1) is 0 Å². The Labute approximate surface area is 143 Å². The summed E-state index contributed by atoms with van der Waals surface area (Å²) in [5, 5.41) is 28.4. The molecule has 0 radical (unpaired) electrons. The van der Waals surface area contributed by atoms with Crippen molar-refractivity contribution in [2.24, 2.45) is 0 Å². The normalized spacial score (nSPS) is 16.6. The summed E-state index contributed by atoms with van der Waals surface area (Å²) >= 11 is 0. The van der Waals surface area contributed by atoms with Crippen LogP contribution in [0.25, 0.3) is 0 Å². The number of Topliss-reactive ketones (excluding diaryl/α,β-unsaturated/α-hetero) is 1. The number of phenolic OH excluding ortho intramolecular Hbond substituents is 3. The van der Waals surface area contributed by atoms with E-state index in [0.717, 1.165) is 11.6 Å². The van der Waals surface area contributed by atoms with Crippen molar-refractivity contribution in [2.45, 2.75) is 12.5 Å². The number of ether oxygens (including phenoxy) is 1. The molecule has 2 aromatic carbocycles. The fourth-order valence-corrected chi connectivity index (χ4v) is 2.30. The summed E-state index contributed by atoms with van der Waals surface area (Å²) in [6.07, 6.45) is -0.410. The van der Waals surface area contributed by atoms with Gasteiger partial charge in [0, 0.05) is 12.1 Å². The summed E-state index contributed by atoms with van der Waals surface area (Å²) in [5.74, 6) is -0.403. The molecular weight excluding hydrogens is 283 g/mol. The Morgan fingerprint density at radius 2 is 1.67 bits per heavy atom. The van der Waals surface area contributed by atoms with E-state index < -0.39 is 6.10 Å². The zero-order chi connectivity index (χ0) is 14.3. The molecular formula is C15H13NaO5. The van der Waals surface area contributed by atoms with Gasteiger partial charge >= 0.3 is 29.6 Å². The average Bonchev–Trinajstić information content (AvgIpc) is 2.38. The molecule has 0 saturated heterocycles. The summed E-state index contributed by atoms with van der Waals surface area (Å²) in [6, 6.07) is 8.78. The molecule has 1 aliphatic heterocycles. The van der Waals surface area contributed by atoms with E-state index in [2.05, 4.69) is 0 Å². The second-order valence-corrected chi connectivity index (χ2v) is 4.66. The van der Waals surface area contributed by atoms with E-state index in [-0.39, 0.29) is 70.3 Å². The molecule has 3 N–H and O–H groups in total. The predicted molar refractivity (Wildman–Crippen MR) is 77.3 cm³/mol. The van der Waals surface area contributed by atoms with Crippen LogP contribution in [0.3, 0.4) is 0 Å². The number of benzene rings is 2. The van der Waals surface area contributed by atoms with Crippen LogP contribution in [0.5, 0.6) is 23.0 Å². The third kappa shape index (κ3) is 3.00. The van der Waals surface area contributed by atoms with Crippen LogP contribution < -0.4 is 4.74 Å². The van der Waals surface area contributed by atoms with Gasteiger partial charge in [-0.05, 0) is 17.7 Å². The number of ketones is 1. The molecule has 1 atom stereocenters. The Bertz CT molecular complexity index is 681. The summed E-state index contributed by atoms with van der Waals surface area (Å²) in [6.45, 7) is 0. The van der Waals surface area contributed by atoms with E-state index in [1.54, 1.807) is 12.1 Å². The number of aromatic hydroxyl groups is 3. The van der Waals surface area contributed by atoms with Crippen LogP contribution in [-0.2, 0) is 0 Å². The number of carbonyl (C=O) groups is 1. The van der Waals surface area contributed by atoms with Crippen LogP contribution in [0.4, 0.5) is 0 Å². The first-order valence-corrected chi connectivity index (χ1v) is 6.09. The molecule has 2 aromatic rings. The molecule has 0 spiro atoms. The van der Waals surface area contributed by atoms with E-state index in [1.807, 2.05) is 0 Å². The number of carbonyl (C=O) groups excluding carboxylic acids is 1. The Hall–Kier alpha value is -1.69. The molecule has 0 unspecified atom stereocenters. The number of phenols is 3. The molecule has 0 amide bonds. The van der Waals surface area contributed by atoms with Gasteiger partial charge in [0.25, 0.3) is 0 Å². The van der Waals surface area contributed by atoms with Crippen molar-refractivity contribution in [3.8, 4) is 23.0 Å². The van der Waals surface area contributed by atoms with E-state index in [0.29, 0.717) is 0 Å². The van der Waals surface area contributed by atoms with Crippen LogP contribution in [0.2, 0.25) is 0 Å². The Kier molecular flexibility index (Phi) is 4.46. The van der Waals surface area contributed by atoms with Crippen molar-refractivity contribution < 1.29 is 24.9 Å². The Balaban J connectivity index is 0.00000161. The zero-order valence-electron chi connectivity index (χ0n) is 10.4. The fourth-order valence-electron chi connectivity index (χ4n) is 2.30. The number of fused-ring (bicyclic) bond motifs is 1. The van der Waals surface area contributed by atoms with Crippen molar-refractivity contribution >= 4 is 35.3 Å². The Morgan fingerprint density at radius 1 is 1.00 bits per heavy atom. The minimum absolute atomic E-state index is 0. The van der Waals surface area contributed by atoms with Gasteiger partial charge in [0.2, 0.25) is 0 Å². The topological polar surface area (TPSA) is 87.0 Å². The monoisotopic (exact) mass is 296 g/mol. The van der Waals surface area contributed by atoms with Gasteiger partial charge in [-0.3, -0.25) is 4.79 Å². The van der Waals surface area contributed by atoms with Gasteiger partial charge in [-0.1, -0.05) is 12.1 Å². The van der Waals surface area contributed by atoms with Gasteiger partial charge in [-0.15, -0.1) is 0 Å². The van der Waals surface area contributed by atoms with Crippen molar-refractivity contribution in [3.05, 3.63) is 47.5 Å². The minimum atomic E-state index is -0.503. The average molecular weight is 296 g/mol. The molecule has 0 bridgehead atoms. The van der Waals surface area contributed by atoms with Crippen molar-refractivity contribution in [1.29, 1.82) is 0 Å². The van der Waals surface area contributed by atoms with Gasteiger partial charge in [0.1, 0.15) is 34.7 Å². The molecule has 5 nitrogen and oxygen atoms in total. The fraction of sp³-hybridized carbons (Fsp3) is 0.133. The van der Waals surface area contributed by atoms with E-state index in [9.17, 15) is 20.1 Å². The van der Waals surface area contributed by atoms with E-state index >= 15 is 0 Å². The number of hydrogen-bond donors (Lipinski definition) is 3. The molecule has 0 aliphatic carbocycles. The van der Waals surface area contributed by atoms with Gasteiger partial charge in [-0.2, -0.15) is 0 Å². The van der Waals surface area contributed by atoms with Crippen molar-refractivity contribution in [1.82, 2.24) is 0 Å². The quantitative estimate of drug-likeness (QED) is 0.699. The van der Waals surface area contributed by atoms with Crippen molar-refractivity contribution in [2.75, 3.05) is 0 Å². The van der Waals surface area contributed by atoms with Crippen LogP contribution >= 0.6 is 0 Å². The first kappa shape index (κ1) is 15.7.